The minimum Gasteiger partial charge on any atom is -0.369 e. The fourth-order valence-electron chi connectivity index (χ4n) is 3.08. The molecule has 30 heavy (non-hydrogen) atoms. The summed E-state index contributed by atoms with van der Waals surface area (Å²) in [6.45, 7) is 4.24. The van der Waals surface area contributed by atoms with E-state index in [0.717, 1.165) is 17.7 Å². The molecule has 3 N–H and O–H groups in total. The first-order chi connectivity index (χ1) is 14.4. The third kappa shape index (κ3) is 5.05. The second-order valence-corrected chi connectivity index (χ2v) is 7.22. The van der Waals surface area contributed by atoms with Gasteiger partial charge >= 0.3 is 0 Å². The average Bonchev–Trinajstić information content (AvgIpc) is 2.72. The van der Waals surface area contributed by atoms with Gasteiger partial charge in [-0.1, -0.05) is 0 Å². The van der Waals surface area contributed by atoms with Gasteiger partial charge in [-0.05, 0) is 44.5 Å². The Bertz CT molecular complexity index is 1050. The second kappa shape index (κ2) is 9.25. The second-order valence-electron chi connectivity index (χ2n) is 7.22. The Labute approximate surface area is 174 Å². The first kappa shape index (κ1) is 21.1. The summed E-state index contributed by atoms with van der Waals surface area (Å²) in [5.74, 6) is 0.0270. The summed E-state index contributed by atoms with van der Waals surface area (Å²) in [5.41, 5.74) is 9.73. The minimum atomic E-state index is -0.155. The van der Waals surface area contributed by atoms with E-state index in [-0.39, 0.29) is 17.9 Å². The van der Waals surface area contributed by atoms with Gasteiger partial charge in [0.2, 0.25) is 5.95 Å². The minimum absolute atomic E-state index is 0.0562. The number of nitrogens with two attached hydrogens (primary N) is 1. The van der Waals surface area contributed by atoms with Crippen molar-refractivity contribution in [2.45, 2.75) is 39.3 Å². The Morgan fingerprint density at radius 2 is 1.97 bits per heavy atom. The molecule has 1 amide bonds. The van der Waals surface area contributed by atoms with Crippen molar-refractivity contribution in [2.75, 3.05) is 17.7 Å². The van der Waals surface area contributed by atoms with Crippen LogP contribution in [0, 0.1) is 6.92 Å². The molecule has 1 atom stereocenters. The molecule has 0 unspecified atom stereocenters. The Hall–Kier alpha value is -3.62. The van der Waals surface area contributed by atoms with Gasteiger partial charge in [0.25, 0.3) is 5.91 Å². The molecule has 0 aliphatic carbocycles. The number of amides is 1. The largest absolute Gasteiger partial charge is 0.369 e. The molecule has 0 spiro atoms. The molecular weight excluding hydrogens is 382 g/mol. The lowest BCUT2D eigenvalue weighted by Gasteiger charge is -2.19. The number of aryl methyl sites for hydroxylation is 1. The first-order valence-electron chi connectivity index (χ1n) is 9.69. The molecule has 3 aromatic rings. The van der Waals surface area contributed by atoms with Gasteiger partial charge in [-0.15, -0.1) is 0 Å². The highest BCUT2D eigenvalue weighted by Crippen LogP contribution is 2.18. The fourth-order valence-corrected chi connectivity index (χ4v) is 3.08. The van der Waals surface area contributed by atoms with Crippen LogP contribution in [0.2, 0.25) is 0 Å². The van der Waals surface area contributed by atoms with Crippen LogP contribution in [0.1, 0.15) is 41.5 Å². The highest BCUT2D eigenvalue weighted by Gasteiger charge is 2.12. The van der Waals surface area contributed by atoms with Crippen LogP contribution in [-0.2, 0) is 11.3 Å². The van der Waals surface area contributed by atoms with E-state index in [0.29, 0.717) is 41.8 Å². The van der Waals surface area contributed by atoms with E-state index in [1.165, 1.54) is 0 Å². The maximum absolute atomic E-state index is 12.3. The van der Waals surface area contributed by atoms with Gasteiger partial charge in [0, 0.05) is 30.8 Å². The summed E-state index contributed by atoms with van der Waals surface area (Å²) >= 11 is 0. The van der Waals surface area contributed by atoms with Crippen LogP contribution in [0.5, 0.6) is 0 Å². The molecule has 9 nitrogen and oxygen atoms in total. The number of benzene rings is 1. The zero-order valence-electron chi connectivity index (χ0n) is 17.3. The fraction of sp³-hybridized carbons (Fsp3) is 0.333. The molecule has 1 aromatic carbocycles. The molecule has 2 aromatic heterocycles. The molecule has 0 radical (unpaired) electrons. The van der Waals surface area contributed by atoms with Crippen molar-refractivity contribution in [3.63, 3.8) is 0 Å². The van der Waals surface area contributed by atoms with E-state index in [1.54, 1.807) is 18.3 Å². The van der Waals surface area contributed by atoms with E-state index in [9.17, 15) is 9.59 Å². The van der Waals surface area contributed by atoms with Crippen LogP contribution >= 0.6 is 0 Å². The predicted octanol–water partition coefficient (Wildman–Crippen LogP) is 2.04. The molecule has 3 rings (SSSR count). The Balaban J connectivity index is 1.67. The number of carbonyl (C=O) groups is 2. The molecule has 0 fully saturated rings. The van der Waals surface area contributed by atoms with Crippen LogP contribution < -0.4 is 16.0 Å². The molecular formula is C21H25N7O2. The van der Waals surface area contributed by atoms with Crippen LogP contribution in [0.4, 0.5) is 11.6 Å². The third-order valence-electron chi connectivity index (χ3n) is 4.71. The van der Waals surface area contributed by atoms with E-state index in [4.69, 9.17) is 5.73 Å². The number of hydrogen-bond donors (Lipinski definition) is 2. The number of nitrogens with one attached hydrogen (secondary N) is 1. The Morgan fingerprint density at radius 3 is 2.67 bits per heavy atom. The summed E-state index contributed by atoms with van der Waals surface area (Å²) in [6.07, 6.45) is 3.59. The third-order valence-corrected chi connectivity index (χ3v) is 4.71. The Morgan fingerprint density at radius 1 is 1.23 bits per heavy atom. The zero-order valence-corrected chi connectivity index (χ0v) is 17.3. The maximum atomic E-state index is 12.3. The van der Waals surface area contributed by atoms with Crippen molar-refractivity contribution in [3.8, 4) is 0 Å². The van der Waals surface area contributed by atoms with Gasteiger partial charge in [-0.3, -0.25) is 4.79 Å². The highest BCUT2D eigenvalue weighted by atomic mass is 16.1. The number of carbonyl (C=O) groups excluding carboxylic acids is 2. The van der Waals surface area contributed by atoms with Crippen molar-refractivity contribution >= 4 is 35.0 Å². The number of aldehydes is 1. The van der Waals surface area contributed by atoms with Crippen molar-refractivity contribution in [3.05, 3.63) is 47.4 Å². The average molecular weight is 407 g/mol. The van der Waals surface area contributed by atoms with E-state index in [1.807, 2.05) is 37.9 Å². The standard InChI is InChI=1S/C21H25N7O2/c1-13(5-4-10-29)24-20(30)15-6-8-17(9-7-15)28(3)12-16-11-23-19-18(26-16)14(2)25-21(22)27-19/h6-11,13H,4-5,12H2,1-3H3,(H,24,30)(H2,22,23,25,27)/t13-/m1/s1. The molecule has 0 saturated heterocycles. The van der Waals surface area contributed by atoms with E-state index >= 15 is 0 Å². The topological polar surface area (TPSA) is 127 Å². The van der Waals surface area contributed by atoms with Crippen LogP contribution in [0.25, 0.3) is 11.2 Å². The smallest absolute Gasteiger partial charge is 0.251 e. The molecule has 0 bridgehead atoms. The number of nitrogens with zero attached hydrogens (tertiary/aromatic N) is 5. The normalized spacial score (nSPS) is 11.8. The zero-order chi connectivity index (χ0) is 21.7. The summed E-state index contributed by atoms with van der Waals surface area (Å²) in [6, 6.07) is 7.27. The lowest BCUT2D eigenvalue weighted by molar-refractivity contribution is -0.108. The van der Waals surface area contributed by atoms with Crippen molar-refractivity contribution in [2.24, 2.45) is 0 Å². The molecule has 0 aliphatic rings. The summed E-state index contributed by atoms with van der Waals surface area (Å²) < 4.78 is 0. The summed E-state index contributed by atoms with van der Waals surface area (Å²) in [5, 5.41) is 2.90. The maximum Gasteiger partial charge on any atom is 0.251 e. The first-order valence-corrected chi connectivity index (χ1v) is 9.69. The van der Waals surface area contributed by atoms with E-state index < -0.39 is 0 Å². The lowest BCUT2D eigenvalue weighted by Crippen LogP contribution is -2.32. The van der Waals surface area contributed by atoms with Crippen molar-refractivity contribution in [1.29, 1.82) is 0 Å². The number of fused-ring (bicyclic) bond motifs is 1. The van der Waals surface area contributed by atoms with Crippen LogP contribution in [-0.4, -0.2) is 45.2 Å². The van der Waals surface area contributed by atoms with Crippen LogP contribution in [0.15, 0.2) is 30.5 Å². The molecule has 156 valence electrons. The molecule has 2 heterocycles. The number of nitrogen functional groups attached to an aromatic ring is 1. The van der Waals surface area contributed by atoms with E-state index in [2.05, 4.69) is 25.3 Å². The van der Waals surface area contributed by atoms with Crippen molar-refractivity contribution in [1.82, 2.24) is 25.3 Å². The number of aromatic nitrogens is 4. The molecule has 0 saturated carbocycles. The van der Waals surface area contributed by atoms with Gasteiger partial charge in [0.05, 0.1) is 24.1 Å². The molecule has 0 aliphatic heterocycles. The number of hydrogen-bond acceptors (Lipinski definition) is 8. The number of rotatable bonds is 8. The van der Waals surface area contributed by atoms with Crippen molar-refractivity contribution < 1.29 is 9.59 Å². The SMILES string of the molecule is Cc1nc(N)nc2ncc(CN(C)c3ccc(C(=O)N[C@H](C)CCC=O)cc3)nc12. The number of anilines is 2. The van der Waals surface area contributed by atoms with Gasteiger partial charge in [-0.2, -0.15) is 4.98 Å². The quantitative estimate of drug-likeness (QED) is 0.543. The molecule has 9 heteroatoms. The summed E-state index contributed by atoms with van der Waals surface area (Å²) in [7, 11) is 1.94. The monoisotopic (exact) mass is 407 g/mol. The van der Waals surface area contributed by atoms with Gasteiger partial charge in [-0.25, -0.2) is 15.0 Å². The van der Waals surface area contributed by atoms with Gasteiger partial charge < -0.3 is 20.7 Å². The Kier molecular flexibility index (Phi) is 6.51. The summed E-state index contributed by atoms with van der Waals surface area (Å²) in [4.78, 5) is 42.0. The predicted molar refractivity (Wildman–Crippen MR) is 115 cm³/mol. The van der Waals surface area contributed by atoms with Crippen LogP contribution in [0.3, 0.4) is 0 Å². The lowest BCUT2D eigenvalue weighted by atomic mass is 10.1. The van der Waals surface area contributed by atoms with Gasteiger partial charge in [0.1, 0.15) is 11.8 Å². The highest BCUT2D eigenvalue weighted by molar-refractivity contribution is 5.94. The van der Waals surface area contributed by atoms with Gasteiger partial charge in [0.15, 0.2) is 5.65 Å².